The van der Waals surface area contributed by atoms with E-state index in [0.29, 0.717) is 38.5 Å². The summed E-state index contributed by atoms with van der Waals surface area (Å²) in [5.74, 6) is -3.04. The van der Waals surface area contributed by atoms with Crippen molar-refractivity contribution in [2.75, 3.05) is 19.8 Å². The molecule has 16 heteroatoms. The van der Waals surface area contributed by atoms with Gasteiger partial charge in [-0.25, -0.2) is 4.57 Å². The van der Waals surface area contributed by atoms with E-state index in [0.717, 1.165) is 38.5 Å². The van der Waals surface area contributed by atoms with E-state index in [2.05, 4.69) is 42.7 Å². The van der Waals surface area contributed by atoms with Crippen LogP contribution in [-0.2, 0) is 42.2 Å². The summed E-state index contributed by atoms with van der Waals surface area (Å²) in [6.07, 6.45) is 32.0. The van der Waals surface area contributed by atoms with Crippen molar-refractivity contribution in [1.29, 1.82) is 0 Å². The molecule has 0 radical (unpaired) electrons. The number of carbonyl (C=O) groups excluding carboxylic acids is 2. The molecule has 0 spiro atoms. The molecule has 1 aliphatic rings. The highest BCUT2D eigenvalue weighted by molar-refractivity contribution is 7.47. The predicted molar refractivity (Wildman–Crippen MR) is 239 cm³/mol. The molecule has 0 aromatic heterocycles. The fraction of sp³-hybridized carbons (Fsp3) is 0.717. The van der Waals surface area contributed by atoms with Gasteiger partial charge >= 0.3 is 25.7 Å². The number of allylic oxidation sites excluding steroid dienone is 8. The second kappa shape index (κ2) is 36.4. The highest BCUT2D eigenvalue weighted by Crippen LogP contribution is 2.43. The summed E-state index contributed by atoms with van der Waals surface area (Å²) in [7, 11) is -4.81. The first-order chi connectivity index (χ1) is 29.8. The van der Waals surface area contributed by atoms with Crippen molar-refractivity contribution in [3.8, 4) is 0 Å². The quantitative estimate of drug-likeness (QED) is 0.0150. The van der Waals surface area contributed by atoms with Crippen LogP contribution in [0.4, 0.5) is 0 Å². The van der Waals surface area contributed by atoms with Crippen molar-refractivity contribution in [1.82, 2.24) is 0 Å². The van der Waals surface area contributed by atoms with Crippen LogP contribution in [0.1, 0.15) is 149 Å². The summed E-state index contributed by atoms with van der Waals surface area (Å²) in [6.45, 7) is 2.35. The number of carboxylic acid groups (broad SMARTS) is 1. The molecule has 0 saturated carbocycles. The molecule has 0 aromatic carbocycles. The van der Waals surface area contributed by atoms with Gasteiger partial charge in [-0.15, -0.1) is 0 Å². The summed E-state index contributed by atoms with van der Waals surface area (Å²) in [4.78, 5) is 46.2. The first-order valence-electron chi connectivity index (χ1n) is 22.7. The average Bonchev–Trinajstić information content (AvgIpc) is 3.23. The first kappa shape index (κ1) is 57.0. The zero-order valence-electron chi connectivity index (χ0n) is 37.2. The average molecular weight is 900 g/mol. The third-order valence-electron chi connectivity index (χ3n) is 10.0. The number of esters is 2. The minimum Gasteiger partial charge on any atom is -0.480 e. The van der Waals surface area contributed by atoms with Gasteiger partial charge in [-0.05, 0) is 64.2 Å². The molecule has 1 aliphatic heterocycles. The number of aliphatic carboxylic acids is 1. The maximum absolute atomic E-state index is 12.8. The van der Waals surface area contributed by atoms with Gasteiger partial charge in [-0.2, -0.15) is 0 Å². The lowest BCUT2D eigenvalue weighted by Crippen LogP contribution is -2.43. The molecule has 356 valence electrons. The Hall–Kier alpha value is -2.98. The van der Waals surface area contributed by atoms with E-state index in [1.165, 1.54) is 38.5 Å². The van der Waals surface area contributed by atoms with Crippen LogP contribution in [0.25, 0.3) is 0 Å². The van der Waals surface area contributed by atoms with Gasteiger partial charge in [0.15, 0.2) is 12.4 Å². The number of nitrogens with two attached hydrogens (primary N) is 1. The minimum atomic E-state index is -4.81. The number of carboxylic acids is 1. The SMILES string of the molecule is CCCCCCCC/C=C\C/C=C\C/C=C\CCCC(=O)OC[C@H](COP(=O)(O)OC[C@H](N)C(=O)O)OC(=O)CCC/C=C\C[C@H]1[C@@H](O)CC(O)O[C@@H]1/C=C/[C@@H](O)CCCCC. The predicted octanol–water partition coefficient (Wildman–Crippen LogP) is 8.06. The Kier molecular flexibility index (Phi) is 33.5. The fourth-order valence-corrected chi connectivity index (χ4v) is 7.13. The van der Waals surface area contributed by atoms with Crippen LogP contribution in [0.5, 0.6) is 0 Å². The third-order valence-corrected chi connectivity index (χ3v) is 11.0. The molecule has 2 unspecified atom stereocenters. The minimum absolute atomic E-state index is 0.0460. The number of aliphatic hydroxyl groups excluding tert-OH is 3. The lowest BCUT2D eigenvalue weighted by Gasteiger charge is -2.36. The topological polar surface area (TPSA) is 242 Å². The van der Waals surface area contributed by atoms with Gasteiger partial charge in [0.1, 0.15) is 12.6 Å². The summed E-state index contributed by atoms with van der Waals surface area (Å²) in [5.41, 5.74) is 5.33. The number of carbonyl (C=O) groups is 3. The Morgan fingerprint density at radius 1 is 0.758 bits per heavy atom. The van der Waals surface area contributed by atoms with Crippen LogP contribution >= 0.6 is 7.82 Å². The molecule has 7 N–H and O–H groups in total. The van der Waals surface area contributed by atoms with Gasteiger partial charge in [-0.3, -0.25) is 23.4 Å². The Balaban J connectivity index is 2.57. The zero-order chi connectivity index (χ0) is 45.9. The fourth-order valence-electron chi connectivity index (χ4n) is 6.35. The second-order valence-corrected chi connectivity index (χ2v) is 17.2. The first-order valence-corrected chi connectivity index (χ1v) is 24.2. The molecule has 0 aliphatic carbocycles. The van der Waals surface area contributed by atoms with Crippen LogP contribution in [0.2, 0.25) is 0 Å². The molecule has 0 aromatic rings. The van der Waals surface area contributed by atoms with Crippen molar-refractivity contribution in [2.45, 2.75) is 185 Å². The number of phosphoric acid groups is 1. The van der Waals surface area contributed by atoms with Gasteiger partial charge in [0, 0.05) is 25.2 Å². The van der Waals surface area contributed by atoms with Gasteiger partial charge in [0.2, 0.25) is 0 Å². The zero-order valence-corrected chi connectivity index (χ0v) is 38.1. The highest BCUT2D eigenvalue weighted by atomic mass is 31.2. The number of rotatable bonds is 37. The standard InChI is InChI=1S/C46H78NO14P/c1-3-5-7-8-9-10-11-12-13-14-15-16-17-18-19-20-25-29-43(50)57-34-38(35-58-62(55,56)59-36-40(47)46(53)54)60-44(51)30-26-22-21-24-28-39-41(49)33-45(52)61-42(39)32-31-37(48)27-23-6-4-2/h12-13,15-16,18-19,21,24,31-32,37-42,45,48-49,52H,3-11,14,17,20,22-23,25-30,33-36,47H2,1-2H3,(H,53,54)(H,55,56)/b13-12-,16-15-,19-18-,24-21-,32-31+/t37-,38+,39-,40-,41-,42+,45?/m0/s1. The van der Waals surface area contributed by atoms with Gasteiger partial charge in [0.05, 0.1) is 31.5 Å². The van der Waals surface area contributed by atoms with Crippen molar-refractivity contribution >= 4 is 25.7 Å². The van der Waals surface area contributed by atoms with Crippen molar-refractivity contribution in [3.05, 3.63) is 60.8 Å². The van der Waals surface area contributed by atoms with Crippen molar-refractivity contribution in [3.63, 3.8) is 0 Å². The largest absolute Gasteiger partial charge is 0.480 e. The number of ether oxygens (including phenoxy) is 3. The summed E-state index contributed by atoms with van der Waals surface area (Å²) < 4.78 is 38.3. The molecule has 1 heterocycles. The molecule has 15 nitrogen and oxygen atoms in total. The molecular formula is C46H78NO14P. The Morgan fingerprint density at radius 2 is 1.32 bits per heavy atom. The Morgan fingerprint density at radius 3 is 1.98 bits per heavy atom. The van der Waals surface area contributed by atoms with Crippen molar-refractivity contribution < 1.29 is 67.5 Å². The third kappa shape index (κ3) is 31.0. The van der Waals surface area contributed by atoms with Crippen LogP contribution in [0, 0.1) is 5.92 Å². The number of hydrogen-bond donors (Lipinski definition) is 6. The molecule has 1 rings (SSSR count). The Labute approximate surface area is 370 Å². The lowest BCUT2D eigenvalue weighted by molar-refractivity contribution is -0.199. The van der Waals surface area contributed by atoms with Gasteiger partial charge in [-0.1, -0.05) is 126 Å². The Bertz CT molecular complexity index is 1400. The second-order valence-electron chi connectivity index (χ2n) is 15.7. The van der Waals surface area contributed by atoms with E-state index in [-0.39, 0.29) is 25.2 Å². The van der Waals surface area contributed by atoms with E-state index in [1.54, 1.807) is 12.2 Å². The molecule has 1 fully saturated rings. The van der Waals surface area contributed by atoms with Gasteiger partial charge < -0.3 is 45.3 Å². The van der Waals surface area contributed by atoms with Crippen LogP contribution < -0.4 is 5.73 Å². The van der Waals surface area contributed by atoms with Crippen molar-refractivity contribution in [2.24, 2.45) is 11.7 Å². The molecule has 62 heavy (non-hydrogen) atoms. The molecule has 8 atom stereocenters. The number of phosphoric ester groups is 1. The number of aliphatic hydroxyl groups is 3. The normalized spacial score (nSPS) is 21.0. The van der Waals surface area contributed by atoms with E-state index < -0.39 is 82.3 Å². The maximum atomic E-state index is 12.8. The van der Waals surface area contributed by atoms with E-state index in [4.69, 9.17) is 29.6 Å². The molecule has 1 saturated heterocycles. The maximum Gasteiger partial charge on any atom is 0.472 e. The monoisotopic (exact) mass is 900 g/mol. The summed E-state index contributed by atoms with van der Waals surface area (Å²) in [5, 5.41) is 39.9. The van der Waals surface area contributed by atoms with Crippen LogP contribution in [-0.4, -0.2) is 99.8 Å². The number of hydrogen-bond acceptors (Lipinski definition) is 13. The van der Waals surface area contributed by atoms with E-state index in [9.17, 15) is 39.2 Å². The lowest BCUT2D eigenvalue weighted by atomic mass is 9.87. The van der Waals surface area contributed by atoms with Gasteiger partial charge in [0.25, 0.3) is 0 Å². The summed E-state index contributed by atoms with van der Waals surface area (Å²) in [6, 6.07) is -1.58. The highest BCUT2D eigenvalue weighted by Gasteiger charge is 2.35. The molecule has 0 amide bonds. The summed E-state index contributed by atoms with van der Waals surface area (Å²) >= 11 is 0. The van der Waals surface area contributed by atoms with E-state index >= 15 is 0 Å². The smallest absolute Gasteiger partial charge is 0.472 e. The van der Waals surface area contributed by atoms with Crippen LogP contribution in [0.15, 0.2) is 60.8 Å². The number of unbranched alkanes of at least 4 members (excludes halogenated alkanes) is 10. The molecule has 0 bridgehead atoms. The van der Waals surface area contributed by atoms with E-state index in [1.807, 2.05) is 24.3 Å². The van der Waals surface area contributed by atoms with Crippen LogP contribution in [0.3, 0.4) is 0 Å². The molecular weight excluding hydrogens is 821 g/mol.